The Bertz CT molecular complexity index is 602. The van der Waals surface area contributed by atoms with Gasteiger partial charge in [0.1, 0.15) is 5.75 Å². The molecule has 0 bridgehead atoms. The molecule has 1 saturated heterocycles. The third-order valence-electron chi connectivity index (χ3n) is 3.48. The van der Waals surface area contributed by atoms with E-state index in [1.807, 2.05) is 6.07 Å². The predicted octanol–water partition coefficient (Wildman–Crippen LogP) is 2.11. The molecule has 0 N–H and O–H groups in total. The van der Waals surface area contributed by atoms with Crippen molar-refractivity contribution >= 4 is 11.8 Å². The van der Waals surface area contributed by atoms with Crippen LogP contribution in [0.2, 0.25) is 0 Å². The van der Waals surface area contributed by atoms with Gasteiger partial charge in [-0.05, 0) is 24.6 Å². The Kier molecular flexibility index (Phi) is 4.27. The van der Waals surface area contributed by atoms with Crippen LogP contribution in [0.25, 0.3) is 0 Å². The molecule has 21 heavy (non-hydrogen) atoms. The van der Waals surface area contributed by atoms with E-state index in [0.29, 0.717) is 30.9 Å². The zero-order chi connectivity index (χ0) is 15.5. The highest BCUT2D eigenvalue weighted by atomic mass is 16.5. The van der Waals surface area contributed by atoms with Gasteiger partial charge in [-0.3, -0.25) is 14.5 Å². The third kappa shape index (κ3) is 3.40. The molecule has 1 aliphatic rings. The van der Waals surface area contributed by atoms with Crippen molar-refractivity contribution in [3.63, 3.8) is 0 Å². The summed E-state index contributed by atoms with van der Waals surface area (Å²) in [7, 11) is 0. The second kappa shape index (κ2) is 5.96. The van der Waals surface area contributed by atoms with Gasteiger partial charge in [0.05, 0.1) is 23.7 Å². The number of nitrogens with zero attached hydrogens (tertiary/aromatic N) is 2. The van der Waals surface area contributed by atoms with Gasteiger partial charge in [0.25, 0.3) is 0 Å². The van der Waals surface area contributed by atoms with Crippen LogP contribution in [0.4, 0.5) is 0 Å². The minimum Gasteiger partial charge on any atom is -0.493 e. The molecule has 5 heteroatoms. The van der Waals surface area contributed by atoms with Gasteiger partial charge in [0.2, 0.25) is 11.8 Å². The average Bonchev–Trinajstić information content (AvgIpc) is 2.65. The van der Waals surface area contributed by atoms with Crippen LogP contribution in [0, 0.1) is 16.7 Å². The molecule has 0 radical (unpaired) electrons. The first-order chi connectivity index (χ1) is 9.94. The maximum absolute atomic E-state index is 12.0. The molecular weight excluding hydrogens is 268 g/mol. The lowest BCUT2D eigenvalue weighted by Gasteiger charge is -2.17. The highest BCUT2D eigenvalue weighted by molar-refractivity contribution is 6.05. The highest BCUT2D eigenvalue weighted by Gasteiger charge is 2.44. The number of nitriles is 1. The standard InChI is InChI=1S/C16H18N2O3/c1-16(2)10-14(19)18(15(16)20)7-4-8-21-13-6-3-5-12(9-13)11-17/h3,5-6,9H,4,7-8,10H2,1-2H3. The van der Waals surface area contributed by atoms with Gasteiger partial charge in [-0.15, -0.1) is 0 Å². The Morgan fingerprint density at radius 1 is 1.38 bits per heavy atom. The summed E-state index contributed by atoms with van der Waals surface area (Å²) in [5, 5.41) is 8.80. The monoisotopic (exact) mass is 286 g/mol. The van der Waals surface area contributed by atoms with Crippen molar-refractivity contribution in [3.8, 4) is 11.8 Å². The van der Waals surface area contributed by atoms with Crippen molar-refractivity contribution in [3.05, 3.63) is 29.8 Å². The van der Waals surface area contributed by atoms with E-state index in [2.05, 4.69) is 0 Å². The SMILES string of the molecule is CC1(C)CC(=O)N(CCCOc2cccc(C#N)c2)C1=O. The number of hydrogen-bond donors (Lipinski definition) is 0. The highest BCUT2D eigenvalue weighted by Crippen LogP contribution is 2.31. The smallest absolute Gasteiger partial charge is 0.235 e. The molecule has 0 aromatic heterocycles. The number of carbonyl (C=O) groups is 2. The second-order valence-corrected chi connectivity index (χ2v) is 5.75. The second-order valence-electron chi connectivity index (χ2n) is 5.75. The maximum Gasteiger partial charge on any atom is 0.235 e. The number of rotatable bonds is 5. The molecule has 1 aromatic rings. The molecule has 2 amide bonds. The molecule has 0 atom stereocenters. The summed E-state index contributed by atoms with van der Waals surface area (Å²) in [6, 6.07) is 8.94. The van der Waals surface area contributed by atoms with Gasteiger partial charge in [-0.2, -0.15) is 5.26 Å². The lowest BCUT2D eigenvalue weighted by molar-refractivity contribution is -0.140. The topological polar surface area (TPSA) is 70.4 Å². The predicted molar refractivity (Wildman–Crippen MR) is 76.4 cm³/mol. The summed E-state index contributed by atoms with van der Waals surface area (Å²) >= 11 is 0. The number of hydrogen-bond acceptors (Lipinski definition) is 4. The van der Waals surface area contributed by atoms with Crippen LogP contribution in [0.15, 0.2) is 24.3 Å². The Morgan fingerprint density at radius 2 is 2.14 bits per heavy atom. The van der Waals surface area contributed by atoms with E-state index in [9.17, 15) is 9.59 Å². The zero-order valence-electron chi connectivity index (χ0n) is 12.3. The van der Waals surface area contributed by atoms with Gasteiger partial charge in [0.15, 0.2) is 0 Å². The molecule has 0 aliphatic carbocycles. The third-order valence-corrected chi connectivity index (χ3v) is 3.48. The molecular formula is C16H18N2O3. The van der Waals surface area contributed by atoms with E-state index in [0.717, 1.165) is 0 Å². The minimum atomic E-state index is -0.584. The van der Waals surface area contributed by atoms with E-state index in [-0.39, 0.29) is 18.2 Å². The number of benzene rings is 1. The summed E-state index contributed by atoms with van der Waals surface area (Å²) in [5.74, 6) is 0.393. The first-order valence-corrected chi connectivity index (χ1v) is 6.92. The molecule has 1 fully saturated rings. The van der Waals surface area contributed by atoms with Crippen LogP contribution < -0.4 is 4.74 Å². The van der Waals surface area contributed by atoms with Gasteiger partial charge in [0, 0.05) is 13.0 Å². The zero-order valence-corrected chi connectivity index (χ0v) is 12.3. The summed E-state index contributed by atoms with van der Waals surface area (Å²) in [6.45, 7) is 4.35. The summed E-state index contributed by atoms with van der Waals surface area (Å²) in [4.78, 5) is 25.1. The van der Waals surface area contributed by atoms with Crippen molar-refractivity contribution in [2.24, 2.45) is 5.41 Å². The fraction of sp³-hybridized carbons (Fsp3) is 0.438. The summed E-state index contributed by atoms with van der Waals surface area (Å²) in [5.41, 5.74) is -0.0434. The number of carbonyl (C=O) groups excluding carboxylic acids is 2. The lowest BCUT2D eigenvalue weighted by Crippen LogP contribution is -2.34. The summed E-state index contributed by atoms with van der Waals surface area (Å²) < 4.78 is 5.53. The van der Waals surface area contributed by atoms with Crippen molar-refractivity contribution < 1.29 is 14.3 Å². The van der Waals surface area contributed by atoms with Crippen LogP contribution in [-0.4, -0.2) is 29.9 Å². The van der Waals surface area contributed by atoms with E-state index in [1.165, 1.54) is 4.90 Å². The molecule has 2 rings (SSSR count). The van der Waals surface area contributed by atoms with E-state index in [4.69, 9.17) is 10.00 Å². The van der Waals surface area contributed by atoms with Crippen molar-refractivity contribution in [1.82, 2.24) is 4.90 Å². The Morgan fingerprint density at radius 3 is 2.76 bits per heavy atom. The van der Waals surface area contributed by atoms with Gasteiger partial charge in [-0.1, -0.05) is 19.9 Å². The molecule has 0 saturated carbocycles. The molecule has 5 nitrogen and oxygen atoms in total. The molecule has 0 spiro atoms. The van der Waals surface area contributed by atoms with Crippen molar-refractivity contribution in [2.75, 3.05) is 13.2 Å². The van der Waals surface area contributed by atoms with Crippen LogP contribution in [0.5, 0.6) is 5.75 Å². The van der Waals surface area contributed by atoms with Crippen LogP contribution in [-0.2, 0) is 9.59 Å². The van der Waals surface area contributed by atoms with E-state index >= 15 is 0 Å². The minimum absolute atomic E-state index is 0.112. The van der Waals surface area contributed by atoms with Crippen LogP contribution in [0.1, 0.15) is 32.3 Å². The lowest BCUT2D eigenvalue weighted by atomic mass is 9.92. The van der Waals surface area contributed by atoms with Gasteiger partial charge < -0.3 is 4.74 Å². The Hall–Kier alpha value is -2.35. The maximum atomic E-state index is 12.0. The molecule has 110 valence electrons. The number of ether oxygens (including phenoxy) is 1. The van der Waals surface area contributed by atoms with E-state index in [1.54, 1.807) is 38.1 Å². The fourth-order valence-corrected chi connectivity index (χ4v) is 2.32. The number of amides is 2. The van der Waals surface area contributed by atoms with Crippen molar-refractivity contribution in [1.29, 1.82) is 5.26 Å². The number of likely N-dealkylation sites (tertiary alicyclic amines) is 1. The largest absolute Gasteiger partial charge is 0.493 e. The van der Waals surface area contributed by atoms with Gasteiger partial charge in [-0.25, -0.2) is 0 Å². The van der Waals surface area contributed by atoms with Gasteiger partial charge >= 0.3 is 0 Å². The fourth-order valence-electron chi connectivity index (χ4n) is 2.32. The first-order valence-electron chi connectivity index (χ1n) is 6.92. The normalized spacial score (nSPS) is 16.9. The van der Waals surface area contributed by atoms with E-state index < -0.39 is 5.41 Å². The summed E-state index contributed by atoms with van der Waals surface area (Å²) in [6.07, 6.45) is 0.848. The van der Waals surface area contributed by atoms with Crippen LogP contribution in [0.3, 0.4) is 0 Å². The van der Waals surface area contributed by atoms with Crippen molar-refractivity contribution in [2.45, 2.75) is 26.7 Å². The molecule has 1 heterocycles. The average molecular weight is 286 g/mol. The van der Waals surface area contributed by atoms with Crippen LogP contribution >= 0.6 is 0 Å². The molecule has 1 aromatic carbocycles. The Labute approximate surface area is 124 Å². The quantitative estimate of drug-likeness (QED) is 0.614. The Balaban J connectivity index is 1.81. The number of imide groups is 1. The first kappa shape index (κ1) is 15.0. The molecule has 1 aliphatic heterocycles. The molecule has 0 unspecified atom stereocenters.